The van der Waals surface area contributed by atoms with Crippen LogP contribution < -0.4 is 15.5 Å². The Kier molecular flexibility index (Phi) is 8.25. The lowest BCUT2D eigenvalue weighted by Crippen LogP contribution is -2.24. The molecule has 3 rings (SSSR count). The van der Waals surface area contributed by atoms with Gasteiger partial charge in [-0.05, 0) is 81.9 Å². The number of benzene rings is 3. The zero-order valence-corrected chi connectivity index (χ0v) is 20.8. The lowest BCUT2D eigenvalue weighted by molar-refractivity contribution is 0.252. The van der Waals surface area contributed by atoms with Gasteiger partial charge in [0.15, 0.2) is 0 Å². The summed E-state index contributed by atoms with van der Waals surface area (Å²) in [6, 6.07) is 20.5. The van der Waals surface area contributed by atoms with Gasteiger partial charge in [-0.1, -0.05) is 36.4 Å². The van der Waals surface area contributed by atoms with Gasteiger partial charge in [-0.3, -0.25) is 0 Å². The molecule has 3 aromatic carbocycles. The maximum atomic E-state index is 12.2. The number of amides is 2. The molecule has 3 aromatic rings. The number of aryl methyl sites for hydroxylation is 1. The number of hydrogen-bond donors (Lipinski definition) is 2. The van der Waals surface area contributed by atoms with Crippen molar-refractivity contribution in [1.82, 2.24) is 5.43 Å². The molecule has 0 aliphatic heterocycles. The Morgan fingerprint density at radius 3 is 2.68 bits per heavy atom. The van der Waals surface area contributed by atoms with Crippen molar-refractivity contribution in [3.05, 3.63) is 90.1 Å². The van der Waals surface area contributed by atoms with E-state index in [0.29, 0.717) is 11.3 Å². The van der Waals surface area contributed by atoms with E-state index in [0.717, 1.165) is 29.5 Å². The summed E-state index contributed by atoms with van der Waals surface area (Å²) in [7, 11) is 0. The SMILES string of the molecule is Cc1ccccc1NC(=O)NN=Cc1cc(I)cc(I)c1OCc1ccccc1C#N. The first-order chi connectivity index (χ1) is 15.0. The van der Waals surface area contributed by atoms with Crippen molar-refractivity contribution in [2.75, 3.05) is 5.32 Å². The zero-order valence-electron chi connectivity index (χ0n) is 16.5. The van der Waals surface area contributed by atoms with Crippen LogP contribution in [0.3, 0.4) is 0 Å². The van der Waals surface area contributed by atoms with Crippen molar-refractivity contribution in [1.29, 1.82) is 5.26 Å². The highest BCUT2D eigenvalue weighted by molar-refractivity contribution is 14.1. The van der Waals surface area contributed by atoms with Crippen LogP contribution in [0.4, 0.5) is 10.5 Å². The molecule has 31 heavy (non-hydrogen) atoms. The minimum absolute atomic E-state index is 0.252. The number of halogens is 2. The summed E-state index contributed by atoms with van der Waals surface area (Å²) in [5, 5.41) is 16.1. The first kappa shape index (κ1) is 23.0. The molecular weight excluding hydrogens is 618 g/mol. The predicted octanol–water partition coefficient (Wildman–Crippen LogP) is 5.81. The largest absolute Gasteiger partial charge is 0.487 e. The van der Waals surface area contributed by atoms with E-state index in [9.17, 15) is 10.1 Å². The first-order valence-electron chi connectivity index (χ1n) is 9.23. The fraction of sp³-hybridized carbons (Fsp3) is 0.0870. The molecule has 0 saturated heterocycles. The van der Waals surface area contributed by atoms with E-state index in [2.05, 4.69) is 67.1 Å². The lowest BCUT2D eigenvalue weighted by atomic mass is 10.1. The molecule has 0 fully saturated rings. The number of anilines is 1. The molecule has 2 N–H and O–H groups in total. The Labute approximate surface area is 208 Å². The minimum atomic E-state index is -0.434. The molecule has 0 aromatic heterocycles. The summed E-state index contributed by atoms with van der Waals surface area (Å²) < 4.78 is 7.96. The molecule has 8 heteroatoms. The number of carbonyl (C=O) groups is 1. The van der Waals surface area contributed by atoms with E-state index in [1.165, 1.54) is 0 Å². The number of nitrogens with one attached hydrogen (secondary N) is 2. The molecule has 156 valence electrons. The van der Waals surface area contributed by atoms with E-state index in [4.69, 9.17) is 4.74 Å². The molecule has 0 heterocycles. The van der Waals surface area contributed by atoms with Gasteiger partial charge in [0.1, 0.15) is 12.4 Å². The minimum Gasteiger partial charge on any atom is -0.487 e. The number of nitriles is 1. The van der Waals surface area contributed by atoms with Gasteiger partial charge in [-0.2, -0.15) is 10.4 Å². The number of hydrazone groups is 1. The summed E-state index contributed by atoms with van der Waals surface area (Å²) in [5.74, 6) is 0.638. The van der Waals surface area contributed by atoms with E-state index in [1.807, 2.05) is 61.5 Å². The maximum Gasteiger partial charge on any atom is 0.339 e. The van der Waals surface area contributed by atoms with Gasteiger partial charge in [0, 0.05) is 20.4 Å². The normalized spacial score (nSPS) is 10.5. The first-order valence-corrected chi connectivity index (χ1v) is 11.4. The zero-order chi connectivity index (χ0) is 22.2. The van der Waals surface area contributed by atoms with Crippen LogP contribution >= 0.6 is 45.2 Å². The second kappa shape index (κ2) is 11.1. The molecule has 2 amide bonds. The Morgan fingerprint density at radius 1 is 1.16 bits per heavy atom. The van der Waals surface area contributed by atoms with E-state index in [-0.39, 0.29) is 6.61 Å². The number of hydrogen-bond acceptors (Lipinski definition) is 4. The number of ether oxygens (including phenoxy) is 1. The summed E-state index contributed by atoms with van der Waals surface area (Å²) in [5.41, 5.74) is 6.27. The van der Waals surface area contributed by atoms with Crippen molar-refractivity contribution in [3.8, 4) is 11.8 Å². The second-order valence-corrected chi connectivity index (χ2v) is 8.91. The molecule has 0 aliphatic rings. The van der Waals surface area contributed by atoms with Gasteiger partial charge >= 0.3 is 6.03 Å². The topological polar surface area (TPSA) is 86.5 Å². The van der Waals surface area contributed by atoms with Crippen molar-refractivity contribution in [3.63, 3.8) is 0 Å². The maximum absolute atomic E-state index is 12.2. The van der Waals surface area contributed by atoms with Crippen LogP contribution in [0.2, 0.25) is 0 Å². The van der Waals surface area contributed by atoms with Crippen LogP contribution in [-0.2, 0) is 6.61 Å². The monoisotopic (exact) mass is 636 g/mol. The molecule has 0 atom stereocenters. The van der Waals surface area contributed by atoms with Crippen molar-refractivity contribution >= 4 is 63.1 Å². The molecule has 0 aliphatic carbocycles. The van der Waals surface area contributed by atoms with E-state index < -0.39 is 6.03 Å². The summed E-state index contributed by atoms with van der Waals surface area (Å²) in [6.07, 6.45) is 1.55. The molecule has 6 nitrogen and oxygen atoms in total. The third-order valence-electron chi connectivity index (χ3n) is 4.31. The van der Waals surface area contributed by atoms with E-state index >= 15 is 0 Å². The van der Waals surface area contributed by atoms with Crippen molar-refractivity contribution in [2.45, 2.75) is 13.5 Å². The molecule has 0 unspecified atom stereocenters. The molecule has 0 bridgehead atoms. The Morgan fingerprint density at radius 2 is 1.90 bits per heavy atom. The quantitative estimate of drug-likeness (QED) is 0.204. The average Bonchev–Trinajstić information content (AvgIpc) is 2.75. The summed E-state index contributed by atoms with van der Waals surface area (Å²) in [6.45, 7) is 2.17. The van der Waals surface area contributed by atoms with E-state index in [1.54, 1.807) is 12.3 Å². The van der Waals surface area contributed by atoms with Crippen LogP contribution in [0.15, 0.2) is 65.8 Å². The highest BCUT2D eigenvalue weighted by atomic mass is 127. The van der Waals surface area contributed by atoms with Gasteiger partial charge in [-0.25, -0.2) is 10.2 Å². The number of rotatable bonds is 6. The molecule has 0 spiro atoms. The van der Waals surface area contributed by atoms with Crippen molar-refractivity contribution in [2.24, 2.45) is 5.10 Å². The van der Waals surface area contributed by atoms with Crippen LogP contribution in [0.25, 0.3) is 0 Å². The van der Waals surface area contributed by atoms with Crippen LogP contribution in [0, 0.1) is 25.4 Å². The van der Waals surface area contributed by atoms with Gasteiger partial charge in [0.2, 0.25) is 0 Å². The Balaban J connectivity index is 1.72. The fourth-order valence-electron chi connectivity index (χ4n) is 2.76. The van der Waals surface area contributed by atoms with Crippen LogP contribution in [0.1, 0.15) is 22.3 Å². The van der Waals surface area contributed by atoms with Gasteiger partial charge in [0.25, 0.3) is 0 Å². The molecule has 0 saturated carbocycles. The smallest absolute Gasteiger partial charge is 0.339 e. The summed E-state index contributed by atoms with van der Waals surface area (Å²) >= 11 is 4.42. The second-order valence-electron chi connectivity index (χ2n) is 6.50. The van der Waals surface area contributed by atoms with Gasteiger partial charge in [0.05, 0.1) is 21.4 Å². The molecule has 0 radical (unpaired) electrons. The Hall–Kier alpha value is -2.65. The standard InChI is InChI=1S/C23H18I2N4O2/c1-15-6-2-5-9-21(15)28-23(30)29-27-13-18-10-19(24)11-20(25)22(18)31-14-17-8-4-3-7-16(17)12-26/h2-11,13H,14H2,1H3,(H2,28,29,30). The Bertz CT molecular complexity index is 1170. The predicted molar refractivity (Wildman–Crippen MR) is 138 cm³/mol. The number of urea groups is 1. The number of carbonyl (C=O) groups excluding carboxylic acids is 1. The highest BCUT2D eigenvalue weighted by Gasteiger charge is 2.11. The number of para-hydroxylation sites is 1. The fourth-order valence-corrected chi connectivity index (χ4v) is 4.80. The third kappa shape index (κ3) is 6.41. The van der Waals surface area contributed by atoms with Crippen molar-refractivity contribution < 1.29 is 9.53 Å². The number of nitrogens with zero attached hydrogens (tertiary/aromatic N) is 2. The lowest BCUT2D eigenvalue weighted by Gasteiger charge is -2.13. The van der Waals surface area contributed by atoms with Gasteiger partial charge in [-0.15, -0.1) is 0 Å². The highest BCUT2D eigenvalue weighted by Crippen LogP contribution is 2.28. The average molecular weight is 636 g/mol. The molecular formula is C23H18I2N4O2. The van der Waals surface area contributed by atoms with Crippen LogP contribution in [-0.4, -0.2) is 12.2 Å². The summed E-state index contributed by atoms with van der Waals surface area (Å²) in [4.78, 5) is 12.2. The van der Waals surface area contributed by atoms with Crippen LogP contribution in [0.5, 0.6) is 5.75 Å². The van der Waals surface area contributed by atoms with Gasteiger partial charge < -0.3 is 10.1 Å². The third-order valence-corrected chi connectivity index (χ3v) is 5.73.